The molecule has 2 aliphatic rings. The molecule has 4 nitrogen and oxygen atoms in total. The van der Waals surface area contributed by atoms with Crippen LogP contribution >= 0.6 is 0 Å². The summed E-state index contributed by atoms with van der Waals surface area (Å²) in [6, 6.07) is 0.907. The molecule has 0 aromatic rings. The van der Waals surface area contributed by atoms with Gasteiger partial charge in [-0.3, -0.25) is 4.79 Å². The molecular weight excluding hydrogens is 190 g/mol. The van der Waals surface area contributed by atoms with Gasteiger partial charge >= 0.3 is 0 Å². The van der Waals surface area contributed by atoms with E-state index in [1.165, 1.54) is 19.3 Å². The molecule has 2 N–H and O–H groups in total. The molecule has 1 aliphatic heterocycles. The van der Waals surface area contributed by atoms with E-state index < -0.39 is 0 Å². The van der Waals surface area contributed by atoms with Gasteiger partial charge in [-0.05, 0) is 39.3 Å². The maximum absolute atomic E-state index is 11.8. The summed E-state index contributed by atoms with van der Waals surface area (Å²) in [5.41, 5.74) is 5.48. The SMILES string of the molecule is CN1CCC[C@H](N(C(=O)CN)C2CC2)C1. The highest BCUT2D eigenvalue weighted by atomic mass is 16.2. The van der Waals surface area contributed by atoms with Gasteiger partial charge in [-0.25, -0.2) is 0 Å². The van der Waals surface area contributed by atoms with Gasteiger partial charge in [0.15, 0.2) is 0 Å². The lowest BCUT2D eigenvalue weighted by atomic mass is 10.0. The van der Waals surface area contributed by atoms with Crippen LogP contribution in [0, 0.1) is 0 Å². The number of nitrogens with zero attached hydrogens (tertiary/aromatic N) is 2. The van der Waals surface area contributed by atoms with E-state index in [0.717, 1.165) is 19.5 Å². The van der Waals surface area contributed by atoms with Gasteiger partial charge in [0.25, 0.3) is 0 Å². The lowest BCUT2D eigenvalue weighted by Crippen LogP contribution is -2.51. The first kappa shape index (κ1) is 10.9. The number of carbonyl (C=O) groups excluding carboxylic acids is 1. The molecule has 0 unspecified atom stereocenters. The summed E-state index contributed by atoms with van der Waals surface area (Å²) >= 11 is 0. The van der Waals surface area contributed by atoms with Crippen LogP contribution in [0.2, 0.25) is 0 Å². The number of amides is 1. The van der Waals surface area contributed by atoms with Gasteiger partial charge in [0.05, 0.1) is 6.54 Å². The highest BCUT2D eigenvalue weighted by Crippen LogP contribution is 2.31. The van der Waals surface area contributed by atoms with Crippen LogP contribution in [0.25, 0.3) is 0 Å². The van der Waals surface area contributed by atoms with E-state index in [1.54, 1.807) is 0 Å². The quantitative estimate of drug-likeness (QED) is 0.716. The summed E-state index contributed by atoms with van der Waals surface area (Å²) < 4.78 is 0. The smallest absolute Gasteiger partial charge is 0.236 e. The molecule has 15 heavy (non-hydrogen) atoms. The van der Waals surface area contributed by atoms with E-state index in [0.29, 0.717) is 12.1 Å². The monoisotopic (exact) mass is 211 g/mol. The number of nitrogens with two attached hydrogens (primary N) is 1. The van der Waals surface area contributed by atoms with Crippen molar-refractivity contribution in [3.05, 3.63) is 0 Å². The van der Waals surface area contributed by atoms with Gasteiger partial charge in [-0.1, -0.05) is 0 Å². The topological polar surface area (TPSA) is 49.6 Å². The van der Waals surface area contributed by atoms with E-state index >= 15 is 0 Å². The molecule has 0 aromatic heterocycles. The van der Waals surface area contributed by atoms with Gasteiger partial charge in [0.2, 0.25) is 5.91 Å². The number of carbonyl (C=O) groups is 1. The second kappa shape index (κ2) is 4.49. The zero-order valence-corrected chi connectivity index (χ0v) is 9.48. The summed E-state index contributed by atoms with van der Waals surface area (Å²) in [5.74, 6) is 0.137. The van der Waals surface area contributed by atoms with Crippen molar-refractivity contribution >= 4 is 5.91 Å². The number of piperidine rings is 1. The molecule has 86 valence electrons. The Bertz CT molecular complexity index is 240. The first-order valence-corrected chi connectivity index (χ1v) is 5.92. The second-order valence-electron chi connectivity index (χ2n) is 4.79. The van der Waals surface area contributed by atoms with Crippen molar-refractivity contribution in [2.24, 2.45) is 5.73 Å². The predicted molar refractivity (Wildman–Crippen MR) is 59.4 cm³/mol. The molecular formula is C11H21N3O. The van der Waals surface area contributed by atoms with Crippen molar-refractivity contribution in [3.8, 4) is 0 Å². The standard InChI is InChI=1S/C11H21N3O/c1-13-6-2-3-10(8-13)14(9-4-5-9)11(15)7-12/h9-10H,2-8,12H2,1H3/t10-/m0/s1. The summed E-state index contributed by atoms with van der Waals surface area (Å²) in [6.07, 6.45) is 4.69. The molecule has 2 fully saturated rings. The number of likely N-dealkylation sites (tertiary alicyclic amines) is 1. The fourth-order valence-corrected chi connectivity index (χ4v) is 2.53. The minimum absolute atomic E-state index is 0.137. The van der Waals surface area contributed by atoms with Crippen LogP contribution in [0.1, 0.15) is 25.7 Å². The Morgan fingerprint density at radius 3 is 2.67 bits per heavy atom. The average molecular weight is 211 g/mol. The fraction of sp³-hybridized carbons (Fsp3) is 0.909. The van der Waals surface area contributed by atoms with Crippen LogP contribution < -0.4 is 5.73 Å². The largest absolute Gasteiger partial charge is 0.334 e. The molecule has 0 radical (unpaired) electrons. The van der Waals surface area contributed by atoms with Crippen LogP contribution in [0.4, 0.5) is 0 Å². The van der Waals surface area contributed by atoms with Crippen molar-refractivity contribution in [1.29, 1.82) is 0 Å². The van der Waals surface area contributed by atoms with E-state index in [-0.39, 0.29) is 12.5 Å². The van der Waals surface area contributed by atoms with E-state index in [4.69, 9.17) is 5.73 Å². The predicted octanol–water partition coefficient (Wildman–Crippen LogP) is 0.0303. The first-order chi connectivity index (χ1) is 7.22. The van der Waals surface area contributed by atoms with Crippen LogP contribution in [0.3, 0.4) is 0 Å². The summed E-state index contributed by atoms with van der Waals surface area (Å²) in [4.78, 5) is 16.2. The Labute approximate surface area is 91.4 Å². The third-order valence-electron chi connectivity index (χ3n) is 3.40. The Morgan fingerprint density at radius 2 is 2.13 bits per heavy atom. The highest BCUT2D eigenvalue weighted by Gasteiger charge is 2.37. The zero-order chi connectivity index (χ0) is 10.8. The lowest BCUT2D eigenvalue weighted by Gasteiger charge is -2.38. The fourth-order valence-electron chi connectivity index (χ4n) is 2.53. The van der Waals surface area contributed by atoms with E-state index in [1.807, 2.05) is 0 Å². The van der Waals surface area contributed by atoms with Crippen LogP contribution in [-0.4, -0.2) is 54.5 Å². The molecule has 0 aromatic carbocycles. The summed E-state index contributed by atoms with van der Waals surface area (Å²) in [6.45, 7) is 2.34. The van der Waals surface area contributed by atoms with Gasteiger partial charge in [0.1, 0.15) is 0 Å². The Hall–Kier alpha value is -0.610. The average Bonchev–Trinajstić information content (AvgIpc) is 3.02. The maximum Gasteiger partial charge on any atom is 0.236 e. The minimum Gasteiger partial charge on any atom is -0.334 e. The van der Waals surface area contributed by atoms with Gasteiger partial charge in [-0.15, -0.1) is 0 Å². The molecule has 1 atom stereocenters. The Kier molecular flexibility index (Phi) is 3.26. The number of hydrogen-bond acceptors (Lipinski definition) is 3. The van der Waals surface area contributed by atoms with Crippen LogP contribution in [0.15, 0.2) is 0 Å². The third-order valence-corrected chi connectivity index (χ3v) is 3.40. The van der Waals surface area contributed by atoms with Gasteiger partial charge in [0, 0.05) is 18.6 Å². The molecule has 1 aliphatic carbocycles. The molecule has 2 rings (SSSR count). The van der Waals surface area contributed by atoms with Crippen molar-refractivity contribution in [2.75, 3.05) is 26.7 Å². The number of rotatable bonds is 3. The molecule has 1 amide bonds. The number of hydrogen-bond donors (Lipinski definition) is 1. The molecule has 0 spiro atoms. The molecule has 1 heterocycles. The lowest BCUT2D eigenvalue weighted by molar-refractivity contribution is -0.133. The molecule has 1 saturated carbocycles. The van der Waals surface area contributed by atoms with Crippen LogP contribution in [-0.2, 0) is 4.79 Å². The minimum atomic E-state index is 0.137. The number of likely N-dealkylation sites (N-methyl/N-ethyl adjacent to an activating group) is 1. The van der Waals surface area contributed by atoms with Crippen LogP contribution in [0.5, 0.6) is 0 Å². The van der Waals surface area contributed by atoms with Gasteiger partial charge < -0.3 is 15.5 Å². The molecule has 0 bridgehead atoms. The Morgan fingerprint density at radius 1 is 1.40 bits per heavy atom. The van der Waals surface area contributed by atoms with Crippen molar-refractivity contribution in [3.63, 3.8) is 0 Å². The highest BCUT2D eigenvalue weighted by molar-refractivity contribution is 5.79. The first-order valence-electron chi connectivity index (χ1n) is 5.92. The van der Waals surface area contributed by atoms with Crippen molar-refractivity contribution in [1.82, 2.24) is 9.80 Å². The normalized spacial score (nSPS) is 27.7. The molecule has 1 saturated heterocycles. The third kappa shape index (κ3) is 2.49. The maximum atomic E-state index is 11.8. The van der Waals surface area contributed by atoms with Gasteiger partial charge in [-0.2, -0.15) is 0 Å². The summed E-state index contributed by atoms with van der Waals surface area (Å²) in [5, 5.41) is 0. The Balaban J connectivity index is 1.99. The van der Waals surface area contributed by atoms with Crippen molar-refractivity contribution < 1.29 is 4.79 Å². The van der Waals surface area contributed by atoms with Crippen molar-refractivity contribution in [2.45, 2.75) is 37.8 Å². The van der Waals surface area contributed by atoms with E-state index in [9.17, 15) is 4.79 Å². The van der Waals surface area contributed by atoms with E-state index in [2.05, 4.69) is 16.8 Å². The second-order valence-corrected chi connectivity index (χ2v) is 4.79. The molecule has 4 heteroatoms. The summed E-state index contributed by atoms with van der Waals surface area (Å²) in [7, 11) is 2.13. The zero-order valence-electron chi connectivity index (χ0n) is 9.48.